The summed E-state index contributed by atoms with van der Waals surface area (Å²) in [7, 11) is 2.83. The van der Waals surface area contributed by atoms with Crippen LogP contribution < -0.4 is 14.8 Å². The summed E-state index contributed by atoms with van der Waals surface area (Å²) in [5.74, 6) is -0.880. The van der Waals surface area contributed by atoms with E-state index >= 15 is 0 Å². The van der Waals surface area contributed by atoms with Crippen molar-refractivity contribution in [2.75, 3.05) is 19.5 Å². The summed E-state index contributed by atoms with van der Waals surface area (Å²) in [5, 5.41) is 11.4. The first-order valence-electron chi connectivity index (χ1n) is 5.17. The summed E-state index contributed by atoms with van der Waals surface area (Å²) in [6.45, 7) is 1.29. The van der Waals surface area contributed by atoms with E-state index in [1.807, 2.05) is 0 Å². The van der Waals surface area contributed by atoms with E-state index in [9.17, 15) is 9.59 Å². The molecule has 0 aliphatic rings. The Kier molecular flexibility index (Phi) is 7.09. The van der Waals surface area contributed by atoms with Crippen molar-refractivity contribution in [3.63, 3.8) is 0 Å². The number of carboxylic acid groups (broad SMARTS) is 1. The molecule has 8 nitrogen and oxygen atoms in total. The van der Waals surface area contributed by atoms with Crippen LogP contribution in [0.25, 0.3) is 0 Å². The summed E-state index contributed by atoms with van der Waals surface area (Å²) < 4.78 is 10.0. The maximum Gasteiger partial charge on any atom is 0.373 e. The number of amides is 1. The Balaban J connectivity index is 0.00000110. The lowest BCUT2D eigenvalue weighted by Gasteiger charge is -2.12. The number of methoxy groups -OCH3 is 2. The fourth-order valence-electron chi connectivity index (χ4n) is 1.35. The number of benzene rings is 1. The van der Waals surface area contributed by atoms with E-state index in [1.165, 1.54) is 33.3 Å². The summed E-state index contributed by atoms with van der Waals surface area (Å²) in [6, 6.07) is 2.70. The lowest BCUT2D eigenvalue weighted by Crippen LogP contribution is -2.11. The maximum atomic E-state index is 11.0. The highest BCUT2D eigenvalue weighted by molar-refractivity contribution is 6.00. The Bertz CT molecular complexity index is 533. The number of hydrogen-bond acceptors (Lipinski definition) is 6. The van der Waals surface area contributed by atoms with Gasteiger partial charge in [-0.2, -0.15) is 9.59 Å². The Morgan fingerprint density at radius 1 is 1.15 bits per heavy atom. The number of anilines is 1. The van der Waals surface area contributed by atoms with Crippen LogP contribution in [0.3, 0.4) is 0 Å². The summed E-state index contributed by atoms with van der Waals surface area (Å²) >= 11 is 0. The number of hydrogen-bond donors (Lipinski definition) is 2. The zero-order chi connectivity index (χ0) is 15.7. The molecule has 0 aromatic heterocycles. The van der Waals surface area contributed by atoms with Gasteiger partial charge in [-0.15, -0.1) is 0 Å². The number of nitrogens with one attached hydrogen (secondary N) is 1. The topological polar surface area (TPSA) is 119 Å². The molecule has 0 saturated heterocycles. The van der Waals surface area contributed by atoms with E-state index in [0.717, 1.165) is 0 Å². The molecular formula is C12H13NO7. The standard InChI is InChI=1S/C11H13NO5.CO2/c1-6(13)12-8-5-10(17-3)9(16-2)4-7(8)11(14)15;2-1-3/h4-5H,1-3H3,(H,12,13)(H,14,15);. The summed E-state index contributed by atoms with van der Waals surface area (Å²) in [6.07, 6.45) is 0.250. The van der Waals surface area contributed by atoms with Crippen molar-refractivity contribution in [1.82, 2.24) is 0 Å². The van der Waals surface area contributed by atoms with Crippen LogP contribution in [0.5, 0.6) is 11.5 Å². The molecule has 1 aromatic carbocycles. The van der Waals surface area contributed by atoms with E-state index in [-0.39, 0.29) is 23.3 Å². The number of rotatable bonds is 4. The molecule has 0 radical (unpaired) electrons. The smallest absolute Gasteiger partial charge is 0.373 e. The zero-order valence-corrected chi connectivity index (χ0v) is 11.1. The number of ether oxygens (including phenoxy) is 2. The van der Waals surface area contributed by atoms with Crippen molar-refractivity contribution in [3.05, 3.63) is 17.7 Å². The molecule has 0 unspecified atom stereocenters. The number of carbonyl (C=O) groups is 2. The lowest BCUT2D eigenvalue weighted by molar-refractivity contribution is -0.191. The third-order valence-electron chi connectivity index (χ3n) is 2.06. The van der Waals surface area contributed by atoms with E-state index in [4.69, 9.17) is 24.2 Å². The van der Waals surface area contributed by atoms with Crippen LogP contribution in [0.1, 0.15) is 17.3 Å². The molecule has 20 heavy (non-hydrogen) atoms. The van der Waals surface area contributed by atoms with Crippen LogP contribution in [-0.2, 0) is 14.4 Å². The zero-order valence-electron chi connectivity index (χ0n) is 11.1. The molecule has 0 aliphatic heterocycles. The Morgan fingerprint density at radius 2 is 1.60 bits per heavy atom. The SMILES string of the molecule is COc1cc(NC(C)=O)c(C(=O)O)cc1OC.O=C=O. The van der Waals surface area contributed by atoms with Gasteiger partial charge in [-0.25, -0.2) is 4.79 Å². The van der Waals surface area contributed by atoms with Gasteiger partial charge >= 0.3 is 12.1 Å². The molecule has 0 saturated carbocycles. The molecule has 0 fully saturated rings. The number of carboxylic acids is 1. The van der Waals surface area contributed by atoms with Gasteiger partial charge in [-0.05, 0) is 0 Å². The van der Waals surface area contributed by atoms with Gasteiger partial charge in [0.2, 0.25) is 5.91 Å². The first-order valence-corrected chi connectivity index (χ1v) is 5.17. The molecule has 8 heteroatoms. The second-order valence-corrected chi connectivity index (χ2v) is 3.32. The molecule has 1 aromatic rings. The van der Waals surface area contributed by atoms with Gasteiger partial charge in [0, 0.05) is 19.1 Å². The molecule has 0 aliphatic carbocycles. The summed E-state index contributed by atoms with van der Waals surface area (Å²) in [4.78, 5) is 38.2. The van der Waals surface area contributed by atoms with Crippen molar-refractivity contribution in [3.8, 4) is 11.5 Å². The van der Waals surface area contributed by atoms with E-state index in [1.54, 1.807) is 0 Å². The Hall–Kier alpha value is -2.86. The van der Waals surface area contributed by atoms with E-state index < -0.39 is 5.97 Å². The molecule has 0 heterocycles. The minimum atomic E-state index is -1.16. The third kappa shape index (κ3) is 4.79. The number of carbonyl (C=O) groups excluding carboxylic acids is 3. The first kappa shape index (κ1) is 17.1. The van der Waals surface area contributed by atoms with E-state index in [0.29, 0.717) is 11.5 Å². The van der Waals surface area contributed by atoms with Gasteiger partial charge in [0.05, 0.1) is 25.5 Å². The highest BCUT2D eigenvalue weighted by Crippen LogP contribution is 2.33. The molecule has 0 atom stereocenters. The highest BCUT2D eigenvalue weighted by Gasteiger charge is 2.16. The van der Waals surface area contributed by atoms with Gasteiger partial charge < -0.3 is 19.9 Å². The van der Waals surface area contributed by atoms with Crippen molar-refractivity contribution in [1.29, 1.82) is 0 Å². The summed E-state index contributed by atoms with van der Waals surface area (Å²) in [5.41, 5.74) is 0.112. The van der Waals surface area contributed by atoms with Gasteiger partial charge in [0.15, 0.2) is 11.5 Å². The predicted octanol–water partition coefficient (Wildman–Crippen LogP) is 0.777. The average Bonchev–Trinajstić information content (AvgIpc) is 2.38. The van der Waals surface area contributed by atoms with Gasteiger partial charge in [0.25, 0.3) is 0 Å². The van der Waals surface area contributed by atoms with Crippen molar-refractivity contribution in [2.45, 2.75) is 6.92 Å². The highest BCUT2D eigenvalue weighted by atomic mass is 16.5. The fourth-order valence-corrected chi connectivity index (χ4v) is 1.35. The molecule has 1 amide bonds. The number of aromatic carboxylic acids is 1. The molecule has 2 N–H and O–H groups in total. The molecule has 0 bridgehead atoms. The van der Waals surface area contributed by atoms with Gasteiger partial charge in [0.1, 0.15) is 0 Å². The van der Waals surface area contributed by atoms with Crippen LogP contribution in [0, 0.1) is 0 Å². The minimum absolute atomic E-state index is 0.0575. The lowest BCUT2D eigenvalue weighted by atomic mass is 10.1. The largest absolute Gasteiger partial charge is 0.493 e. The second-order valence-electron chi connectivity index (χ2n) is 3.32. The predicted molar refractivity (Wildman–Crippen MR) is 65.8 cm³/mol. The quantitative estimate of drug-likeness (QED) is 0.837. The van der Waals surface area contributed by atoms with Crippen molar-refractivity contribution < 1.29 is 33.8 Å². The fraction of sp³-hybridized carbons (Fsp3) is 0.250. The monoisotopic (exact) mass is 283 g/mol. The van der Waals surface area contributed by atoms with Crippen molar-refractivity contribution in [2.24, 2.45) is 0 Å². The van der Waals surface area contributed by atoms with E-state index in [2.05, 4.69) is 5.32 Å². The minimum Gasteiger partial charge on any atom is -0.493 e. The third-order valence-corrected chi connectivity index (χ3v) is 2.06. The van der Waals surface area contributed by atoms with Crippen LogP contribution in [-0.4, -0.2) is 37.4 Å². The first-order chi connectivity index (χ1) is 9.40. The Labute approximate surface area is 114 Å². The van der Waals surface area contributed by atoms with Crippen LogP contribution in [0.4, 0.5) is 5.69 Å². The molecule has 1 rings (SSSR count). The van der Waals surface area contributed by atoms with Gasteiger partial charge in [-0.1, -0.05) is 0 Å². The molecule has 0 spiro atoms. The Morgan fingerprint density at radius 3 is 1.95 bits per heavy atom. The van der Waals surface area contributed by atoms with Crippen LogP contribution >= 0.6 is 0 Å². The van der Waals surface area contributed by atoms with Crippen LogP contribution in [0.15, 0.2) is 12.1 Å². The van der Waals surface area contributed by atoms with Crippen molar-refractivity contribution >= 4 is 23.7 Å². The molecular weight excluding hydrogens is 270 g/mol. The normalized spacial score (nSPS) is 8.55. The second kappa shape index (κ2) is 8.28. The van der Waals surface area contributed by atoms with Crippen LogP contribution in [0.2, 0.25) is 0 Å². The van der Waals surface area contributed by atoms with Gasteiger partial charge in [-0.3, -0.25) is 4.79 Å². The average molecular weight is 283 g/mol. The molecule has 108 valence electrons. The maximum absolute atomic E-state index is 11.0.